The first-order chi connectivity index (χ1) is 9.43. The van der Waals surface area contributed by atoms with Crippen molar-refractivity contribution in [1.82, 2.24) is 0 Å². The van der Waals surface area contributed by atoms with Crippen LogP contribution in [0.2, 0.25) is 0 Å². The predicted molar refractivity (Wildman–Crippen MR) is 78.9 cm³/mol. The summed E-state index contributed by atoms with van der Waals surface area (Å²) in [6.07, 6.45) is 4.05. The van der Waals surface area contributed by atoms with Crippen molar-refractivity contribution in [3.8, 4) is 0 Å². The Morgan fingerprint density at radius 3 is 2.50 bits per heavy atom. The minimum absolute atomic E-state index is 0.0227. The summed E-state index contributed by atoms with van der Waals surface area (Å²) in [7, 11) is -3.74. The molecule has 112 valence electrons. The Hall–Kier alpha value is -1.31. The number of benzene rings is 1. The molecule has 2 rings (SSSR count). The van der Waals surface area contributed by atoms with Crippen molar-refractivity contribution < 1.29 is 13.5 Å². The van der Waals surface area contributed by atoms with Crippen LogP contribution in [0.4, 0.5) is 11.4 Å². The lowest BCUT2D eigenvalue weighted by atomic mass is 9.90. The third-order valence-corrected chi connectivity index (χ3v) is 4.62. The molecule has 1 aliphatic rings. The van der Waals surface area contributed by atoms with Crippen LogP contribution >= 0.6 is 0 Å². The van der Waals surface area contributed by atoms with Crippen molar-refractivity contribution in [3.63, 3.8) is 0 Å². The van der Waals surface area contributed by atoms with E-state index in [-0.39, 0.29) is 11.5 Å². The normalized spacial score (nSPS) is 15.9. The maximum atomic E-state index is 11.3. The number of hydrogen-bond acceptors (Lipinski definition) is 5. The summed E-state index contributed by atoms with van der Waals surface area (Å²) in [6.45, 7) is 0.832. The molecule has 5 N–H and O–H groups in total. The van der Waals surface area contributed by atoms with Gasteiger partial charge in [-0.2, -0.15) is 0 Å². The monoisotopic (exact) mass is 299 g/mol. The summed E-state index contributed by atoms with van der Waals surface area (Å²) in [6, 6.07) is 5.00. The van der Waals surface area contributed by atoms with Crippen LogP contribution in [0.15, 0.2) is 23.1 Å². The Balaban J connectivity index is 2.28. The number of nitrogen functional groups attached to an aromatic ring is 1. The highest BCUT2D eigenvalue weighted by Gasteiger charge is 2.26. The lowest BCUT2D eigenvalue weighted by Gasteiger charge is -2.40. The van der Waals surface area contributed by atoms with Crippen molar-refractivity contribution in [2.75, 3.05) is 23.8 Å². The number of sulfonamides is 1. The molecule has 0 unspecified atom stereocenters. The molecule has 0 aromatic heterocycles. The van der Waals surface area contributed by atoms with Gasteiger partial charge in [-0.3, -0.25) is 0 Å². The van der Waals surface area contributed by atoms with E-state index in [4.69, 9.17) is 16.0 Å². The lowest BCUT2D eigenvalue weighted by molar-refractivity contribution is 0.283. The number of nitrogens with two attached hydrogens (primary N) is 2. The Kier molecular flexibility index (Phi) is 4.52. The van der Waals surface area contributed by atoms with Gasteiger partial charge in [0.25, 0.3) is 0 Å². The molecule has 1 saturated carbocycles. The summed E-state index contributed by atoms with van der Waals surface area (Å²) < 4.78 is 22.6. The van der Waals surface area contributed by atoms with Crippen molar-refractivity contribution in [2.45, 2.75) is 36.6 Å². The van der Waals surface area contributed by atoms with E-state index in [1.54, 1.807) is 6.07 Å². The molecule has 7 heteroatoms. The second-order valence-electron chi connectivity index (χ2n) is 5.12. The number of anilines is 2. The highest BCUT2D eigenvalue weighted by molar-refractivity contribution is 7.89. The Labute approximate surface area is 119 Å². The van der Waals surface area contributed by atoms with Crippen LogP contribution in [0.3, 0.4) is 0 Å². The van der Waals surface area contributed by atoms with Crippen molar-refractivity contribution in [3.05, 3.63) is 18.2 Å². The average molecular weight is 299 g/mol. The van der Waals surface area contributed by atoms with Crippen LogP contribution < -0.4 is 15.8 Å². The first-order valence-corrected chi connectivity index (χ1v) is 8.28. The highest BCUT2D eigenvalue weighted by Crippen LogP contribution is 2.34. The Bertz CT molecular complexity index is 570. The molecular formula is C13H21N3O3S. The number of hydrogen-bond donors (Lipinski definition) is 3. The zero-order valence-corrected chi connectivity index (χ0v) is 12.1. The molecule has 0 radical (unpaired) electrons. The summed E-state index contributed by atoms with van der Waals surface area (Å²) in [5, 5.41) is 14.1. The number of rotatable bonds is 6. The van der Waals surface area contributed by atoms with Crippen LogP contribution in [0.1, 0.15) is 25.7 Å². The van der Waals surface area contributed by atoms with Gasteiger partial charge >= 0.3 is 0 Å². The molecule has 0 aliphatic heterocycles. The molecule has 1 aromatic rings. The van der Waals surface area contributed by atoms with Crippen molar-refractivity contribution in [1.29, 1.82) is 0 Å². The quantitative estimate of drug-likeness (QED) is 0.668. The first kappa shape index (κ1) is 15.1. The maximum absolute atomic E-state index is 11.3. The van der Waals surface area contributed by atoms with E-state index in [1.165, 1.54) is 18.6 Å². The summed E-state index contributed by atoms with van der Waals surface area (Å²) in [5.41, 5.74) is 7.20. The maximum Gasteiger partial charge on any atom is 0.238 e. The van der Waals surface area contributed by atoms with E-state index < -0.39 is 10.0 Å². The second-order valence-corrected chi connectivity index (χ2v) is 6.68. The summed E-state index contributed by atoms with van der Waals surface area (Å²) in [5.74, 6) is 0. The van der Waals surface area contributed by atoms with Crippen LogP contribution in [0.25, 0.3) is 0 Å². The van der Waals surface area contributed by atoms with Gasteiger partial charge < -0.3 is 15.7 Å². The van der Waals surface area contributed by atoms with E-state index in [0.717, 1.165) is 18.5 Å². The molecule has 0 atom stereocenters. The van der Waals surface area contributed by atoms with Crippen LogP contribution in [-0.2, 0) is 10.0 Å². The van der Waals surface area contributed by atoms with Gasteiger partial charge in [0, 0.05) is 19.2 Å². The van der Waals surface area contributed by atoms with Gasteiger partial charge in [-0.05, 0) is 43.9 Å². The van der Waals surface area contributed by atoms with Gasteiger partial charge in [0.05, 0.1) is 16.3 Å². The van der Waals surface area contributed by atoms with Crippen LogP contribution in [0.5, 0.6) is 0 Å². The molecule has 0 saturated heterocycles. The predicted octanol–water partition coefficient (Wildman–Crippen LogP) is 0.657. The third-order valence-electron chi connectivity index (χ3n) is 3.71. The smallest absolute Gasteiger partial charge is 0.238 e. The fraction of sp³-hybridized carbons (Fsp3) is 0.538. The molecule has 1 aromatic carbocycles. The summed E-state index contributed by atoms with van der Waals surface area (Å²) >= 11 is 0. The van der Waals surface area contributed by atoms with Crippen LogP contribution in [-0.4, -0.2) is 32.7 Å². The van der Waals surface area contributed by atoms with E-state index >= 15 is 0 Å². The molecule has 1 fully saturated rings. The van der Waals surface area contributed by atoms with E-state index in [9.17, 15) is 8.42 Å². The van der Waals surface area contributed by atoms with Gasteiger partial charge in [-0.25, -0.2) is 13.6 Å². The number of primary sulfonamides is 1. The van der Waals surface area contributed by atoms with E-state index in [1.807, 2.05) is 0 Å². The molecule has 20 heavy (non-hydrogen) atoms. The second kappa shape index (κ2) is 5.99. The fourth-order valence-corrected chi connectivity index (χ4v) is 2.96. The van der Waals surface area contributed by atoms with Gasteiger partial charge in [0.15, 0.2) is 0 Å². The Morgan fingerprint density at radius 2 is 2.05 bits per heavy atom. The summed E-state index contributed by atoms with van der Waals surface area (Å²) in [4.78, 5) is 2.18. The van der Waals surface area contributed by atoms with Crippen molar-refractivity contribution in [2.24, 2.45) is 5.14 Å². The molecule has 6 nitrogen and oxygen atoms in total. The first-order valence-electron chi connectivity index (χ1n) is 6.73. The van der Waals surface area contributed by atoms with E-state index in [0.29, 0.717) is 24.7 Å². The number of aliphatic hydroxyl groups is 1. The minimum Gasteiger partial charge on any atom is -0.397 e. The zero-order chi connectivity index (χ0) is 14.8. The van der Waals surface area contributed by atoms with Gasteiger partial charge in [0.1, 0.15) is 0 Å². The third kappa shape index (κ3) is 3.23. The van der Waals surface area contributed by atoms with E-state index in [2.05, 4.69) is 4.90 Å². The topological polar surface area (TPSA) is 110 Å². The number of aliphatic hydroxyl groups excluding tert-OH is 1. The largest absolute Gasteiger partial charge is 0.397 e. The number of nitrogens with zero attached hydrogens (tertiary/aromatic N) is 1. The van der Waals surface area contributed by atoms with Crippen molar-refractivity contribution >= 4 is 21.4 Å². The van der Waals surface area contributed by atoms with Gasteiger partial charge in [-0.15, -0.1) is 0 Å². The zero-order valence-electron chi connectivity index (χ0n) is 11.3. The SMILES string of the molecule is Nc1cc(S(N)(=O)=O)ccc1N(CCCO)C1CCC1. The molecule has 0 heterocycles. The lowest BCUT2D eigenvalue weighted by Crippen LogP contribution is -2.41. The molecule has 1 aliphatic carbocycles. The minimum atomic E-state index is -3.74. The Morgan fingerprint density at radius 1 is 1.35 bits per heavy atom. The fourth-order valence-electron chi connectivity index (χ4n) is 2.41. The molecule has 0 spiro atoms. The molecule has 0 bridgehead atoms. The standard InChI is InChI=1S/C13H21N3O3S/c14-12-9-11(20(15,18)19)5-6-13(12)16(7-2-8-17)10-3-1-4-10/h5-6,9-10,17H,1-4,7-8,14H2,(H2,15,18,19). The highest BCUT2D eigenvalue weighted by atomic mass is 32.2. The van der Waals surface area contributed by atoms with Crippen LogP contribution in [0, 0.1) is 0 Å². The molecule has 0 amide bonds. The van der Waals surface area contributed by atoms with Gasteiger partial charge in [-0.1, -0.05) is 0 Å². The molecular weight excluding hydrogens is 278 g/mol. The average Bonchev–Trinajstić information content (AvgIpc) is 2.31. The van der Waals surface area contributed by atoms with Gasteiger partial charge in [0.2, 0.25) is 10.0 Å².